The van der Waals surface area contributed by atoms with Crippen LogP contribution in [0.5, 0.6) is 5.75 Å². The fourth-order valence-corrected chi connectivity index (χ4v) is 4.48. The topological polar surface area (TPSA) is 88.8 Å². The summed E-state index contributed by atoms with van der Waals surface area (Å²) < 4.78 is 11.0. The van der Waals surface area contributed by atoms with Crippen LogP contribution in [-0.4, -0.2) is 42.2 Å². The minimum absolute atomic E-state index is 0.0243. The van der Waals surface area contributed by atoms with Gasteiger partial charge in [0, 0.05) is 38.4 Å². The van der Waals surface area contributed by atoms with E-state index in [1.165, 1.54) is 0 Å². The van der Waals surface area contributed by atoms with Crippen LogP contribution in [-0.2, 0) is 17.8 Å². The Kier molecular flexibility index (Phi) is 6.11. The van der Waals surface area contributed by atoms with Gasteiger partial charge in [-0.3, -0.25) is 14.4 Å². The number of hydrogen-bond acceptors (Lipinski definition) is 5. The van der Waals surface area contributed by atoms with E-state index in [-0.39, 0.29) is 23.6 Å². The minimum atomic E-state index is -0.281. The molecule has 1 aromatic carbocycles. The standard InChI is InChI=1S/C24H28N2O5/c1-15-22(23-19(27)7-4-8-20(23)31-15)24(29)25-17-9-10-21(28)26(12-11-17)14-16-5-3-6-18(13-16)30-2/h3,5-6,13,17H,4,7-12,14H2,1-2H3,(H,25,29). The van der Waals surface area contributed by atoms with Crippen LogP contribution in [0.3, 0.4) is 0 Å². The fraction of sp³-hybridized carbons (Fsp3) is 0.458. The number of furan rings is 1. The molecule has 0 spiro atoms. The van der Waals surface area contributed by atoms with E-state index in [9.17, 15) is 14.4 Å². The maximum atomic E-state index is 13.0. The van der Waals surface area contributed by atoms with Gasteiger partial charge in [0.05, 0.1) is 18.2 Å². The summed E-state index contributed by atoms with van der Waals surface area (Å²) >= 11 is 0. The number of carbonyl (C=O) groups is 3. The fourth-order valence-electron chi connectivity index (χ4n) is 4.48. The van der Waals surface area contributed by atoms with Crippen molar-refractivity contribution >= 4 is 17.6 Å². The first-order valence-corrected chi connectivity index (χ1v) is 10.8. The summed E-state index contributed by atoms with van der Waals surface area (Å²) in [5.41, 5.74) is 1.82. The normalized spacial score (nSPS) is 19.0. The molecule has 0 saturated carbocycles. The molecule has 1 aromatic heterocycles. The largest absolute Gasteiger partial charge is 0.497 e. The molecule has 7 heteroatoms. The van der Waals surface area contributed by atoms with Gasteiger partial charge in [0.1, 0.15) is 17.3 Å². The number of aryl methyl sites for hydroxylation is 2. The van der Waals surface area contributed by atoms with Gasteiger partial charge in [0.15, 0.2) is 5.78 Å². The number of rotatable bonds is 5. The Bertz CT molecular complexity index is 1010. The molecule has 31 heavy (non-hydrogen) atoms. The van der Waals surface area contributed by atoms with Gasteiger partial charge in [-0.05, 0) is 43.9 Å². The van der Waals surface area contributed by atoms with E-state index >= 15 is 0 Å². The van der Waals surface area contributed by atoms with Crippen LogP contribution in [0.4, 0.5) is 0 Å². The lowest BCUT2D eigenvalue weighted by Gasteiger charge is -2.21. The Labute approximate surface area is 181 Å². The maximum Gasteiger partial charge on any atom is 0.255 e. The molecule has 1 atom stereocenters. The van der Waals surface area contributed by atoms with E-state index in [1.54, 1.807) is 14.0 Å². The molecule has 164 valence electrons. The lowest BCUT2D eigenvalue weighted by Crippen LogP contribution is -2.36. The molecule has 7 nitrogen and oxygen atoms in total. The van der Waals surface area contributed by atoms with Crippen LogP contribution in [0.2, 0.25) is 0 Å². The number of likely N-dealkylation sites (tertiary alicyclic amines) is 1. The Balaban J connectivity index is 1.42. The van der Waals surface area contributed by atoms with Gasteiger partial charge in [0.2, 0.25) is 5.91 Å². The molecule has 2 aliphatic rings. The summed E-state index contributed by atoms with van der Waals surface area (Å²) in [6.07, 6.45) is 3.50. The van der Waals surface area contributed by atoms with Crippen LogP contribution < -0.4 is 10.1 Å². The van der Waals surface area contributed by atoms with Crippen LogP contribution >= 0.6 is 0 Å². The number of nitrogens with one attached hydrogen (secondary N) is 1. The molecule has 1 fully saturated rings. The number of fused-ring (bicyclic) bond motifs is 1. The summed E-state index contributed by atoms with van der Waals surface area (Å²) in [6, 6.07) is 7.56. The molecular formula is C24H28N2O5. The first kappa shape index (κ1) is 21.2. The van der Waals surface area contributed by atoms with Crippen molar-refractivity contribution in [2.75, 3.05) is 13.7 Å². The number of methoxy groups -OCH3 is 1. The predicted molar refractivity (Wildman–Crippen MR) is 114 cm³/mol. The van der Waals surface area contributed by atoms with Gasteiger partial charge in [0.25, 0.3) is 5.91 Å². The molecule has 1 aliphatic heterocycles. The third-order valence-corrected chi connectivity index (χ3v) is 6.12. The predicted octanol–water partition coefficient (Wildman–Crippen LogP) is 3.43. The Morgan fingerprint density at radius 2 is 2.06 bits per heavy atom. The van der Waals surface area contributed by atoms with E-state index in [1.807, 2.05) is 29.2 Å². The van der Waals surface area contributed by atoms with Gasteiger partial charge in [-0.15, -0.1) is 0 Å². The number of Topliss-reactive ketones (excluding diaryl/α,β-unsaturated/α-hetero) is 1. The van der Waals surface area contributed by atoms with Crippen LogP contribution in [0.15, 0.2) is 28.7 Å². The van der Waals surface area contributed by atoms with Gasteiger partial charge >= 0.3 is 0 Å². The van der Waals surface area contributed by atoms with Crippen molar-refractivity contribution in [2.24, 2.45) is 0 Å². The highest BCUT2D eigenvalue weighted by Gasteiger charge is 2.32. The van der Waals surface area contributed by atoms with E-state index in [2.05, 4.69) is 5.32 Å². The number of carbonyl (C=O) groups excluding carboxylic acids is 3. The van der Waals surface area contributed by atoms with Crippen molar-refractivity contribution in [3.05, 3.63) is 52.5 Å². The molecule has 1 aliphatic carbocycles. The molecule has 1 N–H and O–H groups in total. The SMILES string of the molecule is COc1cccc(CN2CCC(NC(=O)c3c(C)oc4c3C(=O)CCC4)CCC2=O)c1. The van der Waals surface area contributed by atoms with Crippen LogP contribution in [0.25, 0.3) is 0 Å². The van der Waals surface area contributed by atoms with Crippen molar-refractivity contribution in [1.29, 1.82) is 0 Å². The number of ketones is 1. The second-order valence-electron chi connectivity index (χ2n) is 8.27. The van der Waals surface area contributed by atoms with E-state index < -0.39 is 0 Å². The molecule has 2 heterocycles. The van der Waals surface area contributed by atoms with Crippen molar-refractivity contribution in [3.63, 3.8) is 0 Å². The van der Waals surface area contributed by atoms with E-state index in [0.29, 0.717) is 67.8 Å². The monoisotopic (exact) mass is 424 g/mol. The first-order valence-electron chi connectivity index (χ1n) is 10.8. The Hall–Kier alpha value is -3.09. The molecule has 0 bridgehead atoms. The lowest BCUT2D eigenvalue weighted by molar-refractivity contribution is -0.131. The number of nitrogens with zero attached hydrogens (tertiary/aromatic N) is 1. The summed E-state index contributed by atoms with van der Waals surface area (Å²) in [4.78, 5) is 39.9. The highest BCUT2D eigenvalue weighted by Crippen LogP contribution is 2.30. The zero-order valence-corrected chi connectivity index (χ0v) is 18.0. The first-order chi connectivity index (χ1) is 15.0. The zero-order valence-electron chi connectivity index (χ0n) is 18.0. The molecule has 1 saturated heterocycles. The quantitative estimate of drug-likeness (QED) is 0.794. The molecule has 1 unspecified atom stereocenters. The Morgan fingerprint density at radius 3 is 2.87 bits per heavy atom. The smallest absolute Gasteiger partial charge is 0.255 e. The maximum absolute atomic E-state index is 13.0. The summed E-state index contributed by atoms with van der Waals surface area (Å²) in [6.45, 7) is 2.80. The summed E-state index contributed by atoms with van der Waals surface area (Å²) in [5, 5.41) is 3.05. The third-order valence-electron chi connectivity index (χ3n) is 6.12. The number of ether oxygens (including phenoxy) is 1. The van der Waals surface area contributed by atoms with Crippen LogP contribution in [0, 0.1) is 6.92 Å². The van der Waals surface area contributed by atoms with Crippen molar-refractivity contribution < 1.29 is 23.5 Å². The highest BCUT2D eigenvalue weighted by molar-refractivity contribution is 6.10. The molecule has 4 rings (SSSR count). The molecule has 2 amide bonds. The number of benzene rings is 1. The van der Waals surface area contributed by atoms with Crippen molar-refractivity contribution in [3.8, 4) is 5.75 Å². The van der Waals surface area contributed by atoms with E-state index in [4.69, 9.17) is 9.15 Å². The molecule has 2 aromatic rings. The average molecular weight is 424 g/mol. The van der Waals surface area contributed by atoms with Gasteiger partial charge < -0.3 is 19.4 Å². The van der Waals surface area contributed by atoms with E-state index in [0.717, 1.165) is 17.7 Å². The molecule has 0 radical (unpaired) electrons. The second-order valence-corrected chi connectivity index (χ2v) is 8.27. The van der Waals surface area contributed by atoms with Gasteiger partial charge in [-0.1, -0.05) is 12.1 Å². The Morgan fingerprint density at radius 1 is 1.23 bits per heavy atom. The second kappa shape index (κ2) is 8.96. The van der Waals surface area contributed by atoms with Gasteiger partial charge in [-0.25, -0.2) is 0 Å². The lowest BCUT2D eigenvalue weighted by atomic mass is 9.93. The zero-order chi connectivity index (χ0) is 22.0. The highest BCUT2D eigenvalue weighted by atomic mass is 16.5. The number of hydrogen-bond donors (Lipinski definition) is 1. The third kappa shape index (κ3) is 4.50. The minimum Gasteiger partial charge on any atom is -0.497 e. The average Bonchev–Trinajstić information content (AvgIpc) is 3.02. The summed E-state index contributed by atoms with van der Waals surface area (Å²) in [7, 11) is 1.62. The van der Waals surface area contributed by atoms with Crippen LogP contribution in [0.1, 0.15) is 69.9 Å². The van der Waals surface area contributed by atoms with Crippen molar-refractivity contribution in [1.82, 2.24) is 10.2 Å². The molecular weight excluding hydrogens is 396 g/mol. The van der Waals surface area contributed by atoms with Crippen molar-refractivity contribution in [2.45, 2.75) is 58.0 Å². The summed E-state index contributed by atoms with van der Waals surface area (Å²) in [5.74, 6) is 1.65. The number of amides is 2. The van der Waals surface area contributed by atoms with Gasteiger partial charge in [-0.2, -0.15) is 0 Å².